The van der Waals surface area contributed by atoms with Crippen LogP contribution in [0.5, 0.6) is 5.75 Å². The number of amides is 1. The number of anilines is 1. The molecule has 0 aliphatic carbocycles. The first-order valence-corrected chi connectivity index (χ1v) is 6.45. The maximum absolute atomic E-state index is 11.9. The van der Waals surface area contributed by atoms with Crippen LogP contribution in [0.3, 0.4) is 0 Å². The molecule has 1 unspecified atom stereocenters. The van der Waals surface area contributed by atoms with Gasteiger partial charge in [-0.05, 0) is 18.6 Å². The van der Waals surface area contributed by atoms with E-state index in [4.69, 9.17) is 10.00 Å². The first-order valence-electron chi connectivity index (χ1n) is 5.65. The van der Waals surface area contributed by atoms with Crippen molar-refractivity contribution < 1.29 is 9.53 Å². The molecule has 0 radical (unpaired) electrons. The van der Waals surface area contributed by atoms with Crippen LogP contribution in [0.1, 0.15) is 19.8 Å². The van der Waals surface area contributed by atoms with Gasteiger partial charge in [0.25, 0.3) is 0 Å². The molecule has 0 saturated carbocycles. The minimum Gasteiger partial charge on any atom is -0.497 e. The summed E-state index contributed by atoms with van der Waals surface area (Å²) in [6.07, 6.45) is 1.36. The molecule has 1 amide bonds. The minimum absolute atomic E-state index is 0.278. The predicted octanol–water partition coefficient (Wildman–Crippen LogP) is 3.34. The Morgan fingerprint density at radius 2 is 2.28 bits per heavy atom. The Morgan fingerprint density at radius 1 is 1.56 bits per heavy atom. The minimum atomic E-state index is -0.611. The molecule has 1 aromatic rings. The summed E-state index contributed by atoms with van der Waals surface area (Å²) in [7, 11) is 1.56. The number of carbonyl (C=O) groups is 1. The predicted molar refractivity (Wildman–Crippen MR) is 73.3 cm³/mol. The number of nitrogens with one attached hydrogen (secondary N) is 1. The summed E-state index contributed by atoms with van der Waals surface area (Å²) in [6, 6.07) is 7.28. The van der Waals surface area contributed by atoms with E-state index < -0.39 is 5.92 Å². The molecule has 0 heterocycles. The number of hydrogen-bond donors (Lipinski definition) is 1. The fraction of sp³-hybridized carbons (Fsp3) is 0.385. The number of halogens is 1. The van der Waals surface area contributed by atoms with Gasteiger partial charge in [-0.2, -0.15) is 5.26 Å². The van der Waals surface area contributed by atoms with Gasteiger partial charge in [0.15, 0.2) is 0 Å². The standard InChI is InChI=1S/C13H15BrN2O2/c1-3-4-9(8-15)13(17)16-11-5-10(14)6-12(7-11)18-2/h5-7,9H,3-4H2,1-2H3,(H,16,17). The Morgan fingerprint density at radius 3 is 2.83 bits per heavy atom. The lowest BCUT2D eigenvalue weighted by Gasteiger charge is -2.10. The van der Waals surface area contributed by atoms with Gasteiger partial charge in [-0.15, -0.1) is 0 Å². The van der Waals surface area contributed by atoms with Crippen LogP contribution in [0, 0.1) is 17.2 Å². The van der Waals surface area contributed by atoms with Crippen molar-refractivity contribution in [1.82, 2.24) is 0 Å². The van der Waals surface area contributed by atoms with E-state index in [1.165, 1.54) is 0 Å². The molecule has 5 heteroatoms. The molecule has 96 valence electrons. The molecular weight excluding hydrogens is 296 g/mol. The first-order chi connectivity index (χ1) is 8.60. The second kappa shape index (κ2) is 7.02. The van der Waals surface area contributed by atoms with E-state index >= 15 is 0 Å². The number of methoxy groups -OCH3 is 1. The summed E-state index contributed by atoms with van der Waals surface area (Å²) >= 11 is 3.33. The third-order valence-electron chi connectivity index (χ3n) is 2.42. The van der Waals surface area contributed by atoms with E-state index in [9.17, 15) is 4.79 Å². The highest BCUT2D eigenvalue weighted by Crippen LogP contribution is 2.25. The van der Waals surface area contributed by atoms with E-state index in [-0.39, 0.29) is 5.91 Å². The van der Waals surface area contributed by atoms with Crippen molar-refractivity contribution in [2.75, 3.05) is 12.4 Å². The molecule has 1 N–H and O–H groups in total. The fourth-order valence-corrected chi connectivity index (χ4v) is 2.00. The number of ether oxygens (including phenoxy) is 1. The smallest absolute Gasteiger partial charge is 0.241 e. The molecule has 0 bridgehead atoms. The highest BCUT2D eigenvalue weighted by Gasteiger charge is 2.17. The van der Waals surface area contributed by atoms with Crippen LogP contribution in [0.2, 0.25) is 0 Å². The van der Waals surface area contributed by atoms with Gasteiger partial charge in [0.2, 0.25) is 5.91 Å². The molecule has 1 aromatic carbocycles. The average molecular weight is 311 g/mol. The summed E-state index contributed by atoms with van der Waals surface area (Å²) in [5.41, 5.74) is 0.613. The van der Waals surface area contributed by atoms with Crippen LogP contribution >= 0.6 is 15.9 Å². The quantitative estimate of drug-likeness (QED) is 0.907. The lowest BCUT2D eigenvalue weighted by atomic mass is 10.0. The summed E-state index contributed by atoms with van der Waals surface area (Å²) in [6.45, 7) is 1.94. The maximum Gasteiger partial charge on any atom is 0.241 e. The first kappa shape index (κ1) is 14.5. The molecule has 0 spiro atoms. The maximum atomic E-state index is 11.9. The zero-order valence-corrected chi connectivity index (χ0v) is 12.0. The number of hydrogen-bond acceptors (Lipinski definition) is 3. The number of nitrogens with zero attached hydrogens (tertiary/aromatic N) is 1. The van der Waals surface area contributed by atoms with Gasteiger partial charge in [-0.1, -0.05) is 29.3 Å². The van der Waals surface area contributed by atoms with Gasteiger partial charge < -0.3 is 10.1 Å². The molecule has 18 heavy (non-hydrogen) atoms. The summed E-state index contributed by atoms with van der Waals surface area (Å²) in [5.74, 6) is -0.247. The molecule has 0 aliphatic heterocycles. The van der Waals surface area contributed by atoms with Crippen molar-refractivity contribution in [3.63, 3.8) is 0 Å². The van der Waals surface area contributed by atoms with Crippen molar-refractivity contribution in [3.05, 3.63) is 22.7 Å². The molecule has 1 atom stereocenters. The summed E-state index contributed by atoms with van der Waals surface area (Å²) in [5, 5.41) is 11.6. The van der Waals surface area contributed by atoms with Gasteiger partial charge in [-0.25, -0.2) is 0 Å². The van der Waals surface area contributed by atoms with Gasteiger partial charge in [0, 0.05) is 16.2 Å². The summed E-state index contributed by atoms with van der Waals surface area (Å²) in [4.78, 5) is 11.9. The second-order valence-corrected chi connectivity index (χ2v) is 4.76. The topological polar surface area (TPSA) is 62.1 Å². The van der Waals surface area contributed by atoms with E-state index in [0.29, 0.717) is 17.9 Å². The Labute approximate surface area is 115 Å². The molecule has 4 nitrogen and oxygen atoms in total. The number of rotatable bonds is 5. The largest absolute Gasteiger partial charge is 0.497 e. The van der Waals surface area contributed by atoms with Gasteiger partial charge >= 0.3 is 0 Å². The van der Waals surface area contributed by atoms with Crippen molar-refractivity contribution in [1.29, 1.82) is 5.26 Å². The highest BCUT2D eigenvalue weighted by atomic mass is 79.9. The monoisotopic (exact) mass is 310 g/mol. The Bertz CT molecular complexity index is 469. The van der Waals surface area contributed by atoms with Crippen molar-refractivity contribution in [3.8, 4) is 11.8 Å². The van der Waals surface area contributed by atoms with Gasteiger partial charge in [0.05, 0.1) is 13.2 Å². The molecule has 0 aliphatic rings. The van der Waals surface area contributed by atoms with Crippen LogP contribution in [-0.4, -0.2) is 13.0 Å². The molecule has 0 fully saturated rings. The normalized spacial score (nSPS) is 11.4. The van der Waals surface area contributed by atoms with E-state index in [1.807, 2.05) is 13.0 Å². The highest BCUT2D eigenvalue weighted by molar-refractivity contribution is 9.10. The third-order valence-corrected chi connectivity index (χ3v) is 2.88. The van der Waals surface area contributed by atoms with Crippen LogP contribution in [0.25, 0.3) is 0 Å². The van der Waals surface area contributed by atoms with E-state index in [0.717, 1.165) is 10.9 Å². The molecule has 0 saturated heterocycles. The van der Waals surface area contributed by atoms with Gasteiger partial charge in [0.1, 0.15) is 11.7 Å². The zero-order chi connectivity index (χ0) is 13.5. The van der Waals surface area contributed by atoms with Crippen molar-refractivity contribution in [2.45, 2.75) is 19.8 Å². The summed E-state index contributed by atoms with van der Waals surface area (Å²) < 4.78 is 5.91. The van der Waals surface area contributed by atoms with Crippen LogP contribution in [0.15, 0.2) is 22.7 Å². The average Bonchev–Trinajstić information content (AvgIpc) is 2.34. The lowest BCUT2D eigenvalue weighted by Crippen LogP contribution is -2.21. The number of carbonyl (C=O) groups excluding carboxylic acids is 1. The fourth-order valence-electron chi connectivity index (χ4n) is 1.53. The SMILES string of the molecule is CCCC(C#N)C(=O)Nc1cc(Br)cc(OC)c1. The van der Waals surface area contributed by atoms with Crippen LogP contribution < -0.4 is 10.1 Å². The molecular formula is C13H15BrN2O2. The number of benzene rings is 1. The number of nitriles is 1. The molecule has 1 rings (SSSR count). The second-order valence-electron chi connectivity index (χ2n) is 3.84. The Hall–Kier alpha value is -1.54. The lowest BCUT2D eigenvalue weighted by molar-refractivity contribution is -0.118. The Kier molecular flexibility index (Phi) is 5.66. The van der Waals surface area contributed by atoms with Gasteiger partial charge in [-0.3, -0.25) is 4.79 Å². The zero-order valence-electron chi connectivity index (χ0n) is 10.4. The van der Waals surface area contributed by atoms with Crippen LogP contribution in [-0.2, 0) is 4.79 Å². The van der Waals surface area contributed by atoms with Crippen molar-refractivity contribution >= 4 is 27.5 Å². The Balaban J connectivity index is 2.81. The third kappa shape index (κ3) is 4.04. The molecule has 0 aromatic heterocycles. The van der Waals surface area contributed by atoms with E-state index in [2.05, 4.69) is 21.2 Å². The van der Waals surface area contributed by atoms with E-state index in [1.54, 1.807) is 25.3 Å². The van der Waals surface area contributed by atoms with Crippen molar-refractivity contribution in [2.24, 2.45) is 5.92 Å². The van der Waals surface area contributed by atoms with Crippen LogP contribution in [0.4, 0.5) is 5.69 Å².